The highest BCUT2D eigenvalue weighted by atomic mass is 79.9. The molecule has 0 saturated carbocycles. The monoisotopic (exact) mass is 317 g/mol. The van der Waals surface area contributed by atoms with Gasteiger partial charge in [-0.3, -0.25) is 0 Å². The van der Waals surface area contributed by atoms with Gasteiger partial charge in [0.1, 0.15) is 0 Å². The van der Waals surface area contributed by atoms with Crippen molar-refractivity contribution >= 4 is 33.2 Å². The molecule has 94 valence electrons. The molecule has 0 spiro atoms. The Hall–Kier alpha value is -0.250. The van der Waals surface area contributed by atoms with Gasteiger partial charge in [-0.15, -0.1) is 0 Å². The van der Waals surface area contributed by atoms with Crippen molar-refractivity contribution in [2.75, 3.05) is 25.1 Å². The zero-order valence-corrected chi connectivity index (χ0v) is 12.3. The summed E-state index contributed by atoms with van der Waals surface area (Å²) in [6.07, 6.45) is 2.73. The van der Waals surface area contributed by atoms with Crippen molar-refractivity contribution in [3.05, 3.63) is 28.8 Å². The summed E-state index contributed by atoms with van der Waals surface area (Å²) in [5.41, 5.74) is 2.44. The average molecular weight is 319 g/mol. The van der Waals surface area contributed by atoms with E-state index in [-0.39, 0.29) is 0 Å². The lowest BCUT2D eigenvalue weighted by Gasteiger charge is -2.25. The molecule has 17 heavy (non-hydrogen) atoms. The maximum Gasteiger partial charge on any atom is 0.0750 e. The maximum absolute atomic E-state index is 6.01. The predicted octanol–water partition coefficient (Wildman–Crippen LogP) is 3.85. The summed E-state index contributed by atoms with van der Waals surface area (Å²) in [6, 6.07) is 6.03. The second-order valence-electron chi connectivity index (χ2n) is 4.42. The zero-order valence-electron chi connectivity index (χ0n) is 9.96. The SMILES string of the molecule is CN(CC1CCCO1)c1ccc(Cl)cc1CBr. The highest BCUT2D eigenvalue weighted by molar-refractivity contribution is 9.08. The predicted molar refractivity (Wildman–Crippen MR) is 76.3 cm³/mol. The Balaban J connectivity index is 2.09. The molecule has 0 N–H and O–H groups in total. The summed E-state index contributed by atoms with van der Waals surface area (Å²) in [6.45, 7) is 1.85. The van der Waals surface area contributed by atoms with Crippen LogP contribution >= 0.6 is 27.5 Å². The fraction of sp³-hybridized carbons (Fsp3) is 0.538. The smallest absolute Gasteiger partial charge is 0.0750 e. The molecule has 1 atom stereocenters. The van der Waals surface area contributed by atoms with Gasteiger partial charge in [-0.2, -0.15) is 0 Å². The van der Waals surface area contributed by atoms with E-state index in [9.17, 15) is 0 Å². The van der Waals surface area contributed by atoms with E-state index in [0.29, 0.717) is 6.10 Å². The normalized spacial score (nSPS) is 19.6. The molecule has 4 heteroatoms. The van der Waals surface area contributed by atoms with Crippen molar-refractivity contribution in [2.24, 2.45) is 0 Å². The van der Waals surface area contributed by atoms with Gasteiger partial charge in [0.2, 0.25) is 0 Å². The molecule has 0 aromatic heterocycles. The average Bonchev–Trinajstić information content (AvgIpc) is 2.81. The Morgan fingerprint density at radius 2 is 2.35 bits per heavy atom. The number of nitrogens with zero attached hydrogens (tertiary/aromatic N) is 1. The van der Waals surface area contributed by atoms with Crippen LogP contribution in [-0.4, -0.2) is 26.3 Å². The molecule has 1 aromatic carbocycles. The van der Waals surface area contributed by atoms with Crippen LogP contribution in [0, 0.1) is 0 Å². The molecule has 0 amide bonds. The Morgan fingerprint density at radius 1 is 1.53 bits per heavy atom. The van der Waals surface area contributed by atoms with Crippen molar-refractivity contribution in [2.45, 2.75) is 24.3 Å². The quantitative estimate of drug-likeness (QED) is 0.782. The number of hydrogen-bond donors (Lipinski definition) is 0. The lowest BCUT2D eigenvalue weighted by Crippen LogP contribution is -2.29. The molecule has 1 aromatic rings. The highest BCUT2D eigenvalue weighted by Gasteiger charge is 2.18. The molecule has 1 fully saturated rings. The molecule has 1 saturated heterocycles. The summed E-state index contributed by atoms with van der Waals surface area (Å²) < 4.78 is 5.66. The molecule has 0 bridgehead atoms. The van der Waals surface area contributed by atoms with E-state index in [1.165, 1.54) is 24.1 Å². The molecule has 1 aliphatic heterocycles. The number of anilines is 1. The molecular formula is C13H17BrClNO. The summed E-state index contributed by atoms with van der Waals surface area (Å²) in [5.74, 6) is 0. The van der Waals surface area contributed by atoms with Gasteiger partial charge in [0.05, 0.1) is 6.10 Å². The first-order valence-corrected chi connectivity index (χ1v) is 7.38. The number of rotatable bonds is 4. The van der Waals surface area contributed by atoms with Crippen LogP contribution in [0.3, 0.4) is 0 Å². The maximum atomic E-state index is 6.01. The Morgan fingerprint density at radius 3 is 3.00 bits per heavy atom. The summed E-state index contributed by atoms with van der Waals surface area (Å²) in [5, 5.41) is 1.60. The van der Waals surface area contributed by atoms with Gasteiger partial charge in [0, 0.05) is 36.2 Å². The largest absolute Gasteiger partial charge is 0.376 e. The second kappa shape index (κ2) is 6.07. The van der Waals surface area contributed by atoms with Crippen LogP contribution in [0.4, 0.5) is 5.69 Å². The number of halogens is 2. The highest BCUT2D eigenvalue weighted by Crippen LogP contribution is 2.26. The van der Waals surface area contributed by atoms with E-state index in [1.807, 2.05) is 12.1 Å². The molecule has 2 rings (SSSR count). The van der Waals surface area contributed by atoms with E-state index >= 15 is 0 Å². The molecule has 1 aliphatic rings. The second-order valence-corrected chi connectivity index (χ2v) is 5.42. The summed E-state index contributed by atoms with van der Waals surface area (Å²) in [7, 11) is 2.11. The molecule has 0 aliphatic carbocycles. The van der Waals surface area contributed by atoms with Gasteiger partial charge in [-0.25, -0.2) is 0 Å². The first-order chi connectivity index (χ1) is 8.20. The van der Waals surface area contributed by atoms with E-state index in [1.54, 1.807) is 0 Å². The van der Waals surface area contributed by atoms with Crippen LogP contribution in [0.25, 0.3) is 0 Å². The van der Waals surface area contributed by atoms with Crippen molar-refractivity contribution < 1.29 is 4.74 Å². The minimum atomic E-state index is 0.374. The third-order valence-electron chi connectivity index (χ3n) is 3.10. The third-order valence-corrected chi connectivity index (χ3v) is 3.94. The van der Waals surface area contributed by atoms with Crippen molar-refractivity contribution in [3.8, 4) is 0 Å². The standard InChI is InChI=1S/C13H17BrClNO/c1-16(9-12-3-2-6-17-12)13-5-4-11(15)7-10(13)8-14/h4-5,7,12H,2-3,6,8-9H2,1H3. The summed E-state index contributed by atoms with van der Waals surface area (Å²) >= 11 is 9.51. The number of alkyl halides is 1. The molecule has 2 nitrogen and oxygen atoms in total. The van der Waals surface area contributed by atoms with E-state index in [2.05, 4.69) is 33.9 Å². The van der Waals surface area contributed by atoms with Gasteiger partial charge in [0.25, 0.3) is 0 Å². The molecule has 1 unspecified atom stereocenters. The first-order valence-electron chi connectivity index (χ1n) is 5.88. The van der Waals surface area contributed by atoms with E-state index in [0.717, 1.165) is 23.5 Å². The molecule has 0 radical (unpaired) electrons. The Bertz CT molecular complexity index is 380. The van der Waals surface area contributed by atoms with E-state index in [4.69, 9.17) is 16.3 Å². The third kappa shape index (κ3) is 3.36. The van der Waals surface area contributed by atoms with Crippen LogP contribution in [0.15, 0.2) is 18.2 Å². The first kappa shape index (κ1) is 13.2. The van der Waals surface area contributed by atoms with Gasteiger partial charge in [0.15, 0.2) is 0 Å². The van der Waals surface area contributed by atoms with Crippen molar-refractivity contribution in [1.82, 2.24) is 0 Å². The van der Waals surface area contributed by atoms with Gasteiger partial charge >= 0.3 is 0 Å². The van der Waals surface area contributed by atoms with Crippen LogP contribution in [0.1, 0.15) is 18.4 Å². The van der Waals surface area contributed by atoms with Gasteiger partial charge in [-0.05, 0) is 36.6 Å². The molecular weight excluding hydrogens is 302 g/mol. The fourth-order valence-corrected chi connectivity index (χ4v) is 2.87. The van der Waals surface area contributed by atoms with Crippen molar-refractivity contribution in [3.63, 3.8) is 0 Å². The number of likely N-dealkylation sites (N-methyl/N-ethyl adjacent to an activating group) is 1. The van der Waals surface area contributed by atoms with E-state index < -0.39 is 0 Å². The van der Waals surface area contributed by atoms with Crippen LogP contribution in [0.5, 0.6) is 0 Å². The van der Waals surface area contributed by atoms with Crippen LogP contribution in [0.2, 0.25) is 5.02 Å². The topological polar surface area (TPSA) is 12.5 Å². The van der Waals surface area contributed by atoms with Gasteiger partial charge < -0.3 is 9.64 Å². The number of hydrogen-bond acceptors (Lipinski definition) is 2. The Kier molecular flexibility index (Phi) is 4.71. The fourth-order valence-electron chi connectivity index (χ4n) is 2.23. The Labute approximate surface area is 116 Å². The van der Waals surface area contributed by atoms with Gasteiger partial charge in [-0.1, -0.05) is 27.5 Å². The van der Waals surface area contributed by atoms with Crippen LogP contribution in [-0.2, 0) is 10.1 Å². The summed E-state index contributed by atoms with van der Waals surface area (Å²) in [4.78, 5) is 2.25. The number of ether oxygens (including phenoxy) is 1. The van der Waals surface area contributed by atoms with Crippen molar-refractivity contribution in [1.29, 1.82) is 0 Å². The zero-order chi connectivity index (χ0) is 12.3. The minimum absolute atomic E-state index is 0.374. The number of benzene rings is 1. The lowest BCUT2D eigenvalue weighted by atomic mass is 10.1. The lowest BCUT2D eigenvalue weighted by molar-refractivity contribution is 0.116. The van der Waals surface area contributed by atoms with Crippen LogP contribution < -0.4 is 4.90 Å². The molecule has 1 heterocycles. The minimum Gasteiger partial charge on any atom is -0.376 e.